The number of thiophene rings is 1. The maximum absolute atomic E-state index is 12.8. The third kappa shape index (κ3) is 3.95. The van der Waals surface area contributed by atoms with E-state index in [9.17, 15) is 8.42 Å². The Kier molecular flexibility index (Phi) is 4.84. The summed E-state index contributed by atoms with van der Waals surface area (Å²) in [4.78, 5) is 2.29. The first-order valence-corrected chi connectivity index (χ1v) is 11.3. The Morgan fingerprint density at radius 3 is 2.52 bits per heavy atom. The smallest absolute Gasteiger partial charge is 0.271 e. The molecule has 0 amide bonds. The largest absolute Gasteiger partial charge is 0.368 e. The molecule has 1 aliphatic rings. The van der Waals surface area contributed by atoms with Crippen LogP contribution in [0.1, 0.15) is 13.8 Å². The van der Waals surface area contributed by atoms with Crippen molar-refractivity contribution in [2.24, 2.45) is 0 Å². The van der Waals surface area contributed by atoms with E-state index in [1.807, 2.05) is 42.5 Å². The van der Waals surface area contributed by atoms with Gasteiger partial charge < -0.3 is 10.2 Å². The van der Waals surface area contributed by atoms with Gasteiger partial charge in [-0.15, -0.1) is 11.3 Å². The minimum Gasteiger partial charge on any atom is -0.368 e. The lowest BCUT2D eigenvalue weighted by atomic mass is 10.1. The van der Waals surface area contributed by atoms with Gasteiger partial charge in [-0.05, 0) is 49.6 Å². The van der Waals surface area contributed by atoms with Crippen molar-refractivity contribution >= 4 is 42.8 Å². The van der Waals surface area contributed by atoms with E-state index in [-0.39, 0.29) is 0 Å². The number of hydrogen-bond acceptors (Lipinski definition) is 5. The minimum absolute atomic E-state index is 0.332. The van der Waals surface area contributed by atoms with Gasteiger partial charge in [0, 0.05) is 35.6 Å². The number of benzene rings is 2. The van der Waals surface area contributed by atoms with E-state index in [2.05, 4.69) is 28.8 Å². The van der Waals surface area contributed by atoms with Crippen LogP contribution >= 0.6 is 11.3 Å². The summed E-state index contributed by atoms with van der Waals surface area (Å²) < 4.78 is 29.7. The van der Waals surface area contributed by atoms with Crippen molar-refractivity contribution in [1.82, 2.24) is 5.32 Å². The minimum atomic E-state index is -3.61. The summed E-state index contributed by atoms with van der Waals surface area (Å²) >= 11 is 1.29. The monoisotopic (exact) mass is 401 g/mol. The SMILES string of the molecule is C[C@@H]1CN(c2cccc(NS(=O)(=O)c3cc4ccccc4s3)c2)C[C@H](C)N1. The Hall–Kier alpha value is -2.09. The van der Waals surface area contributed by atoms with E-state index in [0.717, 1.165) is 28.9 Å². The second-order valence-corrected chi connectivity index (χ2v) is 10.1. The van der Waals surface area contributed by atoms with E-state index < -0.39 is 10.0 Å². The highest BCUT2D eigenvalue weighted by Gasteiger charge is 2.22. The van der Waals surface area contributed by atoms with Crippen LogP contribution in [0, 0.1) is 0 Å². The normalized spacial score (nSPS) is 20.7. The number of piperazine rings is 1. The van der Waals surface area contributed by atoms with E-state index in [0.29, 0.717) is 22.0 Å². The van der Waals surface area contributed by atoms with Crippen LogP contribution in [-0.2, 0) is 10.0 Å². The molecule has 2 atom stereocenters. The molecule has 0 bridgehead atoms. The molecule has 0 radical (unpaired) electrons. The summed E-state index contributed by atoms with van der Waals surface area (Å²) in [7, 11) is -3.61. The van der Waals surface area contributed by atoms with Crippen LogP contribution in [0.3, 0.4) is 0 Å². The molecule has 1 saturated heterocycles. The zero-order chi connectivity index (χ0) is 19.0. The van der Waals surface area contributed by atoms with Crippen LogP contribution in [-0.4, -0.2) is 33.6 Å². The summed E-state index contributed by atoms with van der Waals surface area (Å²) in [6.45, 7) is 6.13. The summed E-state index contributed by atoms with van der Waals surface area (Å²) in [6, 6.07) is 17.9. The van der Waals surface area contributed by atoms with Crippen molar-refractivity contribution in [2.45, 2.75) is 30.1 Å². The molecule has 2 heterocycles. The lowest BCUT2D eigenvalue weighted by Gasteiger charge is -2.37. The number of sulfonamides is 1. The van der Waals surface area contributed by atoms with Crippen LogP contribution in [0.2, 0.25) is 0 Å². The first-order valence-electron chi connectivity index (χ1n) is 9.03. The first kappa shape index (κ1) is 18.3. The van der Waals surface area contributed by atoms with Crippen LogP contribution in [0.4, 0.5) is 11.4 Å². The molecule has 0 aliphatic carbocycles. The molecule has 1 aliphatic heterocycles. The van der Waals surface area contributed by atoms with E-state index >= 15 is 0 Å². The van der Waals surface area contributed by atoms with Crippen molar-refractivity contribution in [3.63, 3.8) is 0 Å². The number of hydrogen-bond donors (Lipinski definition) is 2. The van der Waals surface area contributed by atoms with Gasteiger partial charge in [-0.25, -0.2) is 8.42 Å². The van der Waals surface area contributed by atoms with Crippen molar-refractivity contribution in [2.75, 3.05) is 22.7 Å². The predicted octanol–water partition coefficient (Wildman–Crippen LogP) is 3.89. The maximum Gasteiger partial charge on any atom is 0.271 e. The third-order valence-electron chi connectivity index (χ3n) is 4.69. The predicted molar refractivity (Wildman–Crippen MR) is 113 cm³/mol. The van der Waals surface area contributed by atoms with Gasteiger partial charge in [-0.3, -0.25) is 4.72 Å². The van der Waals surface area contributed by atoms with E-state index in [1.165, 1.54) is 11.3 Å². The average Bonchev–Trinajstić information content (AvgIpc) is 3.06. The lowest BCUT2D eigenvalue weighted by Crippen LogP contribution is -2.54. The molecule has 2 N–H and O–H groups in total. The van der Waals surface area contributed by atoms with Crippen molar-refractivity contribution in [1.29, 1.82) is 0 Å². The van der Waals surface area contributed by atoms with Gasteiger partial charge in [-0.2, -0.15) is 0 Å². The van der Waals surface area contributed by atoms with Crippen molar-refractivity contribution in [3.05, 3.63) is 54.6 Å². The molecular weight excluding hydrogens is 378 g/mol. The number of rotatable bonds is 4. The number of nitrogens with zero attached hydrogens (tertiary/aromatic N) is 1. The van der Waals surface area contributed by atoms with Crippen LogP contribution in [0.5, 0.6) is 0 Å². The molecule has 4 rings (SSSR count). The fourth-order valence-electron chi connectivity index (χ4n) is 3.60. The molecule has 0 spiro atoms. The third-order valence-corrected chi connectivity index (χ3v) is 7.66. The molecule has 27 heavy (non-hydrogen) atoms. The molecule has 1 fully saturated rings. The van der Waals surface area contributed by atoms with Crippen LogP contribution < -0.4 is 14.9 Å². The van der Waals surface area contributed by atoms with Crippen LogP contribution in [0.25, 0.3) is 10.1 Å². The van der Waals surface area contributed by atoms with Gasteiger partial charge in [0.1, 0.15) is 4.21 Å². The fraction of sp³-hybridized carbons (Fsp3) is 0.300. The zero-order valence-electron chi connectivity index (χ0n) is 15.3. The molecule has 0 saturated carbocycles. The molecule has 5 nitrogen and oxygen atoms in total. The number of anilines is 2. The summed E-state index contributed by atoms with van der Waals surface area (Å²) in [6.07, 6.45) is 0. The molecule has 7 heteroatoms. The molecule has 3 aromatic rings. The Morgan fingerprint density at radius 2 is 1.78 bits per heavy atom. The van der Waals surface area contributed by atoms with Gasteiger partial charge >= 0.3 is 0 Å². The maximum atomic E-state index is 12.8. The molecule has 1 aromatic heterocycles. The van der Waals surface area contributed by atoms with Crippen molar-refractivity contribution in [3.8, 4) is 0 Å². The highest BCUT2D eigenvalue weighted by molar-refractivity contribution is 7.94. The van der Waals surface area contributed by atoms with Crippen LogP contribution in [0.15, 0.2) is 58.8 Å². The van der Waals surface area contributed by atoms with E-state index in [1.54, 1.807) is 12.1 Å². The van der Waals surface area contributed by atoms with E-state index in [4.69, 9.17) is 0 Å². The molecule has 142 valence electrons. The highest BCUT2D eigenvalue weighted by Crippen LogP contribution is 2.31. The Bertz CT molecular complexity index is 1020. The topological polar surface area (TPSA) is 61.4 Å². The second-order valence-electron chi connectivity index (χ2n) is 7.13. The summed E-state index contributed by atoms with van der Waals surface area (Å²) in [5.41, 5.74) is 1.62. The summed E-state index contributed by atoms with van der Waals surface area (Å²) in [5, 5.41) is 4.46. The van der Waals surface area contributed by atoms with Crippen molar-refractivity contribution < 1.29 is 8.42 Å². The zero-order valence-corrected chi connectivity index (χ0v) is 17.0. The van der Waals surface area contributed by atoms with Gasteiger partial charge in [-0.1, -0.05) is 24.3 Å². The fourth-order valence-corrected chi connectivity index (χ4v) is 6.05. The van der Waals surface area contributed by atoms with Gasteiger partial charge in [0.05, 0.1) is 5.69 Å². The highest BCUT2D eigenvalue weighted by atomic mass is 32.2. The second kappa shape index (κ2) is 7.14. The average molecular weight is 402 g/mol. The standard InChI is InChI=1S/C20H23N3O2S2/c1-14-12-23(13-15(2)21-14)18-8-5-7-17(11-18)22-27(24,25)20-10-16-6-3-4-9-19(16)26-20/h3-11,14-15,21-22H,12-13H2,1-2H3/t14-,15+. The molecule has 0 unspecified atom stereocenters. The summed E-state index contributed by atoms with van der Waals surface area (Å²) in [5.74, 6) is 0. The van der Waals surface area contributed by atoms with Gasteiger partial charge in [0.2, 0.25) is 0 Å². The number of fused-ring (bicyclic) bond motifs is 1. The lowest BCUT2D eigenvalue weighted by molar-refractivity contribution is 0.407. The Balaban J connectivity index is 1.58. The molecule has 2 aromatic carbocycles. The van der Waals surface area contributed by atoms with Gasteiger partial charge in [0.25, 0.3) is 10.0 Å². The number of nitrogens with one attached hydrogen (secondary N) is 2. The van der Waals surface area contributed by atoms with Gasteiger partial charge in [0.15, 0.2) is 0 Å². The molecular formula is C20H23N3O2S2. The Morgan fingerprint density at radius 1 is 1.04 bits per heavy atom. The quantitative estimate of drug-likeness (QED) is 0.696. The Labute approximate surface area is 164 Å². The first-order chi connectivity index (χ1) is 12.9.